The minimum atomic E-state index is -0.362. The van der Waals surface area contributed by atoms with Crippen molar-refractivity contribution in [2.45, 2.75) is 46.1 Å². The second kappa shape index (κ2) is 5.74. The van der Waals surface area contributed by atoms with E-state index < -0.39 is 0 Å². The number of hydrogen-bond acceptors (Lipinski definition) is 3. The highest BCUT2D eigenvalue weighted by Crippen LogP contribution is 2.39. The lowest BCUT2D eigenvalue weighted by molar-refractivity contribution is 0.146. The molecule has 1 aliphatic carbocycles. The molecule has 2 rings (SSSR count). The lowest BCUT2D eigenvalue weighted by Crippen LogP contribution is -2.24. The molecule has 0 saturated heterocycles. The zero-order valence-electron chi connectivity index (χ0n) is 12.0. The standard InChI is InChI=1S/C16H23NO2/c1-4-5-19-15-7-13(10-17-11-15)12-6-14(18)9-16(2,3)8-12/h6-7,10-11,14,18H,4-5,8-9H2,1-3H3. The maximum atomic E-state index is 9.96. The molecule has 0 aliphatic heterocycles. The summed E-state index contributed by atoms with van der Waals surface area (Å²) in [5.41, 5.74) is 2.35. The van der Waals surface area contributed by atoms with Gasteiger partial charge in [0, 0.05) is 6.20 Å². The Hall–Kier alpha value is -1.35. The molecule has 0 spiro atoms. The zero-order valence-corrected chi connectivity index (χ0v) is 12.0. The van der Waals surface area contributed by atoms with Crippen molar-refractivity contribution in [2.24, 2.45) is 5.41 Å². The van der Waals surface area contributed by atoms with E-state index in [1.807, 2.05) is 18.3 Å². The molecule has 1 aromatic heterocycles. The summed E-state index contributed by atoms with van der Waals surface area (Å²) in [4.78, 5) is 4.24. The van der Waals surface area contributed by atoms with E-state index in [-0.39, 0.29) is 11.5 Å². The highest BCUT2D eigenvalue weighted by Gasteiger charge is 2.28. The van der Waals surface area contributed by atoms with Crippen LogP contribution in [0.25, 0.3) is 5.57 Å². The number of aromatic nitrogens is 1. The normalized spacial score (nSPS) is 21.9. The second-order valence-corrected chi connectivity index (χ2v) is 6.06. The van der Waals surface area contributed by atoms with Gasteiger partial charge in [-0.15, -0.1) is 0 Å². The first-order chi connectivity index (χ1) is 9.00. The van der Waals surface area contributed by atoms with Crippen LogP contribution in [0.15, 0.2) is 24.5 Å². The molecule has 3 nitrogen and oxygen atoms in total. The summed E-state index contributed by atoms with van der Waals surface area (Å²) in [6, 6.07) is 2.02. The summed E-state index contributed by atoms with van der Waals surface area (Å²) >= 11 is 0. The van der Waals surface area contributed by atoms with Crippen molar-refractivity contribution in [2.75, 3.05) is 6.61 Å². The van der Waals surface area contributed by atoms with E-state index in [2.05, 4.69) is 25.8 Å². The molecule has 1 atom stereocenters. The summed E-state index contributed by atoms with van der Waals surface area (Å²) in [6.07, 6.45) is 7.94. The van der Waals surface area contributed by atoms with Crippen LogP contribution >= 0.6 is 0 Å². The summed E-state index contributed by atoms with van der Waals surface area (Å²) < 4.78 is 5.61. The molecule has 1 N–H and O–H groups in total. The largest absolute Gasteiger partial charge is 0.492 e. The zero-order chi connectivity index (χ0) is 13.9. The minimum absolute atomic E-state index is 0.129. The van der Waals surface area contributed by atoms with Crippen LogP contribution in [-0.4, -0.2) is 22.8 Å². The molecule has 0 amide bonds. The molecular weight excluding hydrogens is 238 g/mol. The number of hydrogen-bond donors (Lipinski definition) is 1. The van der Waals surface area contributed by atoms with E-state index in [1.165, 1.54) is 0 Å². The molecule has 0 bridgehead atoms. The van der Waals surface area contributed by atoms with Gasteiger partial charge < -0.3 is 9.84 Å². The molecule has 1 unspecified atom stereocenters. The minimum Gasteiger partial charge on any atom is -0.492 e. The number of ether oxygens (including phenoxy) is 1. The molecule has 1 heterocycles. The highest BCUT2D eigenvalue weighted by atomic mass is 16.5. The van der Waals surface area contributed by atoms with Crippen LogP contribution in [-0.2, 0) is 0 Å². The monoisotopic (exact) mass is 261 g/mol. The summed E-state index contributed by atoms with van der Waals surface area (Å²) in [6.45, 7) is 7.17. The third kappa shape index (κ3) is 3.80. The molecule has 1 aliphatic rings. The van der Waals surface area contributed by atoms with Crippen molar-refractivity contribution in [3.05, 3.63) is 30.1 Å². The van der Waals surface area contributed by atoms with Gasteiger partial charge in [-0.1, -0.05) is 26.8 Å². The van der Waals surface area contributed by atoms with Crippen LogP contribution < -0.4 is 4.74 Å². The average Bonchev–Trinajstić information content (AvgIpc) is 2.34. The smallest absolute Gasteiger partial charge is 0.138 e. The average molecular weight is 261 g/mol. The fraction of sp³-hybridized carbons (Fsp3) is 0.562. The molecule has 0 saturated carbocycles. The molecular formula is C16H23NO2. The Kier molecular flexibility index (Phi) is 4.25. The van der Waals surface area contributed by atoms with Crippen LogP contribution in [0.4, 0.5) is 0 Å². The van der Waals surface area contributed by atoms with E-state index >= 15 is 0 Å². The Morgan fingerprint density at radius 1 is 1.42 bits per heavy atom. The van der Waals surface area contributed by atoms with Crippen LogP contribution in [0.5, 0.6) is 5.75 Å². The molecule has 3 heteroatoms. The first-order valence-corrected chi connectivity index (χ1v) is 6.97. The quantitative estimate of drug-likeness (QED) is 0.902. The number of aliphatic hydroxyl groups excluding tert-OH is 1. The predicted molar refractivity (Wildman–Crippen MR) is 77.0 cm³/mol. The van der Waals surface area contributed by atoms with Crippen molar-refractivity contribution in [3.8, 4) is 5.75 Å². The van der Waals surface area contributed by atoms with Gasteiger partial charge in [-0.05, 0) is 41.9 Å². The molecule has 104 valence electrons. The van der Waals surface area contributed by atoms with Crippen molar-refractivity contribution < 1.29 is 9.84 Å². The first kappa shape index (κ1) is 14.1. The van der Waals surface area contributed by atoms with Crippen LogP contribution in [0.2, 0.25) is 0 Å². The maximum absolute atomic E-state index is 9.96. The third-order valence-corrected chi connectivity index (χ3v) is 3.38. The Morgan fingerprint density at radius 3 is 2.89 bits per heavy atom. The van der Waals surface area contributed by atoms with Crippen LogP contribution in [0.3, 0.4) is 0 Å². The van der Waals surface area contributed by atoms with Crippen LogP contribution in [0.1, 0.15) is 45.6 Å². The van der Waals surface area contributed by atoms with Crippen molar-refractivity contribution in [3.63, 3.8) is 0 Å². The number of aliphatic hydroxyl groups is 1. The van der Waals surface area contributed by atoms with Gasteiger partial charge in [-0.25, -0.2) is 0 Å². The Balaban J connectivity index is 2.21. The highest BCUT2D eigenvalue weighted by molar-refractivity contribution is 5.67. The summed E-state index contributed by atoms with van der Waals surface area (Å²) in [7, 11) is 0. The number of allylic oxidation sites excluding steroid dienone is 1. The van der Waals surface area contributed by atoms with Gasteiger partial charge in [0.05, 0.1) is 18.9 Å². The van der Waals surface area contributed by atoms with Crippen molar-refractivity contribution in [1.29, 1.82) is 0 Å². The number of pyridine rings is 1. The van der Waals surface area contributed by atoms with E-state index in [9.17, 15) is 5.11 Å². The molecule has 19 heavy (non-hydrogen) atoms. The van der Waals surface area contributed by atoms with Crippen molar-refractivity contribution >= 4 is 5.57 Å². The lowest BCUT2D eigenvalue weighted by Gasteiger charge is -2.32. The SMILES string of the molecule is CCCOc1cncc(C2=CC(O)CC(C)(C)C2)c1. The van der Waals surface area contributed by atoms with E-state index in [0.29, 0.717) is 6.61 Å². The van der Waals surface area contributed by atoms with Crippen molar-refractivity contribution in [1.82, 2.24) is 4.98 Å². The maximum Gasteiger partial charge on any atom is 0.138 e. The van der Waals surface area contributed by atoms with E-state index in [1.54, 1.807) is 6.20 Å². The van der Waals surface area contributed by atoms with Gasteiger partial charge in [0.15, 0.2) is 0 Å². The third-order valence-electron chi connectivity index (χ3n) is 3.38. The molecule has 0 radical (unpaired) electrons. The topological polar surface area (TPSA) is 42.4 Å². The predicted octanol–water partition coefficient (Wildman–Crippen LogP) is 3.43. The van der Waals surface area contributed by atoms with Gasteiger partial charge in [0.1, 0.15) is 5.75 Å². The Bertz CT molecular complexity index is 466. The lowest BCUT2D eigenvalue weighted by atomic mass is 9.75. The van der Waals surface area contributed by atoms with Gasteiger partial charge in [-0.3, -0.25) is 4.98 Å². The Labute approximate surface area is 115 Å². The van der Waals surface area contributed by atoms with Crippen LogP contribution in [0, 0.1) is 5.41 Å². The van der Waals surface area contributed by atoms with E-state index in [4.69, 9.17) is 4.74 Å². The Morgan fingerprint density at radius 2 is 2.21 bits per heavy atom. The molecule has 0 fully saturated rings. The number of rotatable bonds is 4. The van der Waals surface area contributed by atoms with Gasteiger partial charge in [0.2, 0.25) is 0 Å². The van der Waals surface area contributed by atoms with Gasteiger partial charge >= 0.3 is 0 Å². The summed E-state index contributed by atoms with van der Waals surface area (Å²) in [5.74, 6) is 0.804. The second-order valence-electron chi connectivity index (χ2n) is 6.06. The fourth-order valence-electron chi connectivity index (χ4n) is 2.60. The fourth-order valence-corrected chi connectivity index (χ4v) is 2.60. The first-order valence-electron chi connectivity index (χ1n) is 6.97. The summed E-state index contributed by atoms with van der Waals surface area (Å²) in [5, 5.41) is 9.96. The molecule has 0 aromatic carbocycles. The molecule has 1 aromatic rings. The van der Waals surface area contributed by atoms with E-state index in [0.717, 1.165) is 36.1 Å². The van der Waals surface area contributed by atoms with Gasteiger partial charge in [0.25, 0.3) is 0 Å². The number of nitrogens with zero attached hydrogens (tertiary/aromatic N) is 1. The van der Waals surface area contributed by atoms with Gasteiger partial charge in [-0.2, -0.15) is 0 Å².